The fraction of sp³-hybridized carbons (Fsp3) is 0.615. The van der Waals surface area contributed by atoms with Crippen molar-refractivity contribution in [1.29, 1.82) is 0 Å². The van der Waals surface area contributed by atoms with Gasteiger partial charge in [0, 0.05) is 11.0 Å². The van der Waals surface area contributed by atoms with Crippen LogP contribution in [0.4, 0.5) is 0 Å². The number of thioether (sulfide) groups is 2. The molecule has 0 radical (unpaired) electrons. The molecule has 1 fully saturated rings. The fourth-order valence-corrected chi connectivity index (χ4v) is 5.36. The lowest BCUT2D eigenvalue weighted by atomic mass is 10.00. The third-order valence-corrected chi connectivity index (χ3v) is 6.55. The molecule has 3 rings (SSSR count). The van der Waals surface area contributed by atoms with Gasteiger partial charge >= 0.3 is 5.97 Å². The molecule has 1 amide bonds. The normalized spacial score (nSPS) is 24.6. The highest BCUT2D eigenvalue weighted by Crippen LogP contribution is 2.43. The van der Waals surface area contributed by atoms with Gasteiger partial charge in [0.05, 0.1) is 0 Å². The third-order valence-electron chi connectivity index (χ3n) is 4.03. The van der Waals surface area contributed by atoms with Gasteiger partial charge in [0.1, 0.15) is 17.1 Å². The van der Waals surface area contributed by atoms with E-state index >= 15 is 0 Å². The number of rotatable bonds is 7. The highest BCUT2D eigenvalue weighted by atomic mass is 32.2. The number of β-lactam (4-membered cyclic amide) rings is 1. The number of carbonyl (C=O) groups is 2. The lowest BCUT2D eigenvalue weighted by Crippen LogP contribution is -2.68. The van der Waals surface area contributed by atoms with Crippen LogP contribution in [0.1, 0.15) is 26.2 Å². The van der Waals surface area contributed by atoms with Gasteiger partial charge in [0.25, 0.3) is 0 Å². The SMILES string of the molecule is CCCCC(Sc1nnn[nH]1)C1=C(C(=O)O)N2C(=O)C(N)[C@@H]2SC1. The second-order valence-electron chi connectivity index (χ2n) is 5.57. The molecule has 1 aromatic heterocycles. The summed E-state index contributed by atoms with van der Waals surface area (Å²) in [6, 6.07) is -0.619. The first kappa shape index (κ1) is 17.2. The molecule has 1 saturated heterocycles. The predicted octanol–water partition coefficient (Wildman–Crippen LogP) is 0.432. The standard InChI is InChI=1S/C13H18N6O3S2/c1-2-3-4-7(24-13-15-17-18-16-13)6-5-23-11-8(14)10(20)19(11)9(6)12(21)22/h7-8,11H,2-5,14H2,1H3,(H,21,22)(H,15,16,17,18)/t7?,8?,11-/m0/s1. The summed E-state index contributed by atoms with van der Waals surface area (Å²) in [4.78, 5) is 25.2. The van der Waals surface area contributed by atoms with Crippen molar-refractivity contribution in [3.05, 3.63) is 11.3 Å². The Hall–Kier alpha value is -1.59. The largest absolute Gasteiger partial charge is 0.477 e. The van der Waals surface area contributed by atoms with Crippen molar-refractivity contribution in [1.82, 2.24) is 25.5 Å². The Morgan fingerprint density at radius 2 is 2.42 bits per heavy atom. The highest BCUT2D eigenvalue weighted by molar-refractivity contribution is 8.01. The molecule has 130 valence electrons. The minimum atomic E-state index is -1.09. The van der Waals surface area contributed by atoms with E-state index < -0.39 is 12.0 Å². The Bertz CT molecular complexity index is 665. The Balaban J connectivity index is 1.93. The average molecular weight is 370 g/mol. The van der Waals surface area contributed by atoms with Crippen LogP contribution in [0.3, 0.4) is 0 Å². The third kappa shape index (κ3) is 3.03. The molecule has 3 heterocycles. The number of nitrogens with one attached hydrogen (secondary N) is 1. The maximum atomic E-state index is 12.1. The predicted molar refractivity (Wildman–Crippen MR) is 89.1 cm³/mol. The molecule has 9 nitrogen and oxygen atoms in total. The van der Waals surface area contributed by atoms with E-state index in [0.29, 0.717) is 10.9 Å². The number of hydrogen-bond acceptors (Lipinski definition) is 8. The molecule has 4 N–H and O–H groups in total. The summed E-state index contributed by atoms with van der Waals surface area (Å²) in [6.07, 6.45) is 2.72. The smallest absolute Gasteiger partial charge is 0.352 e. The monoisotopic (exact) mass is 370 g/mol. The zero-order valence-corrected chi connectivity index (χ0v) is 14.6. The summed E-state index contributed by atoms with van der Waals surface area (Å²) in [5.74, 6) is -0.886. The van der Waals surface area contributed by atoms with Crippen LogP contribution >= 0.6 is 23.5 Å². The minimum Gasteiger partial charge on any atom is -0.477 e. The molecule has 2 aliphatic rings. The number of tetrazole rings is 1. The average Bonchev–Trinajstić information content (AvgIpc) is 3.09. The van der Waals surface area contributed by atoms with Gasteiger partial charge in [0.15, 0.2) is 0 Å². The van der Waals surface area contributed by atoms with Crippen LogP contribution in [0.2, 0.25) is 0 Å². The number of aromatic nitrogens is 4. The van der Waals surface area contributed by atoms with Gasteiger partial charge in [-0.25, -0.2) is 9.89 Å². The molecular weight excluding hydrogens is 352 g/mol. The Labute approximate surface area is 146 Å². The highest BCUT2D eigenvalue weighted by Gasteiger charge is 2.52. The lowest BCUT2D eigenvalue weighted by molar-refractivity contribution is -0.148. The maximum Gasteiger partial charge on any atom is 0.352 e. The van der Waals surface area contributed by atoms with E-state index in [1.807, 2.05) is 0 Å². The van der Waals surface area contributed by atoms with E-state index in [1.165, 1.54) is 28.4 Å². The van der Waals surface area contributed by atoms with Crippen molar-refractivity contribution in [2.45, 2.75) is 48.0 Å². The van der Waals surface area contributed by atoms with Crippen LogP contribution in [0.5, 0.6) is 0 Å². The number of carboxylic acid groups (broad SMARTS) is 1. The molecule has 0 aliphatic carbocycles. The number of aromatic amines is 1. The Kier molecular flexibility index (Phi) is 5.11. The molecule has 0 spiro atoms. The second-order valence-corrected chi connectivity index (χ2v) is 7.87. The van der Waals surface area contributed by atoms with E-state index in [2.05, 4.69) is 27.5 Å². The Morgan fingerprint density at radius 1 is 1.62 bits per heavy atom. The molecule has 0 bridgehead atoms. The number of nitrogens with zero attached hydrogens (tertiary/aromatic N) is 4. The quantitative estimate of drug-likeness (QED) is 0.460. The van der Waals surface area contributed by atoms with Crippen molar-refractivity contribution in [3.63, 3.8) is 0 Å². The van der Waals surface area contributed by atoms with Crippen molar-refractivity contribution >= 4 is 35.4 Å². The van der Waals surface area contributed by atoms with Gasteiger partial charge in [-0.1, -0.05) is 31.5 Å². The summed E-state index contributed by atoms with van der Waals surface area (Å²) in [5.41, 5.74) is 6.60. The maximum absolute atomic E-state index is 12.1. The molecule has 1 aromatic rings. The number of hydrogen-bond donors (Lipinski definition) is 3. The number of carboxylic acids is 1. The number of unbranched alkanes of at least 4 members (excludes halogenated alkanes) is 1. The molecule has 3 atom stereocenters. The van der Waals surface area contributed by atoms with Crippen molar-refractivity contribution in [3.8, 4) is 0 Å². The molecule has 2 unspecified atom stereocenters. The fourth-order valence-electron chi connectivity index (χ4n) is 2.82. The van der Waals surface area contributed by atoms with Crippen LogP contribution in [-0.2, 0) is 9.59 Å². The summed E-state index contributed by atoms with van der Waals surface area (Å²) < 4.78 is 0. The summed E-state index contributed by atoms with van der Waals surface area (Å²) in [7, 11) is 0. The van der Waals surface area contributed by atoms with Crippen LogP contribution in [0.15, 0.2) is 16.4 Å². The molecule has 24 heavy (non-hydrogen) atoms. The summed E-state index contributed by atoms with van der Waals surface area (Å²) in [5, 5.41) is 23.5. The lowest BCUT2D eigenvalue weighted by Gasteiger charge is -2.48. The first-order chi connectivity index (χ1) is 11.5. The van der Waals surface area contributed by atoms with Crippen molar-refractivity contribution < 1.29 is 14.7 Å². The summed E-state index contributed by atoms with van der Waals surface area (Å²) >= 11 is 2.91. The van der Waals surface area contributed by atoms with E-state index in [0.717, 1.165) is 24.8 Å². The number of nitrogens with two attached hydrogens (primary N) is 1. The van der Waals surface area contributed by atoms with Crippen LogP contribution in [0.25, 0.3) is 0 Å². The van der Waals surface area contributed by atoms with E-state index in [9.17, 15) is 14.7 Å². The minimum absolute atomic E-state index is 0.0755. The first-order valence-corrected chi connectivity index (χ1v) is 9.54. The van der Waals surface area contributed by atoms with Gasteiger partial charge < -0.3 is 10.8 Å². The number of aliphatic carboxylic acids is 1. The number of H-pyrrole nitrogens is 1. The van der Waals surface area contributed by atoms with E-state index in [1.54, 1.807) is 0 Å². The molecular formula is C13H18N6O3S2. The van der Waals surface area contributed by atoms with Gasteiger partial charge in [-0.05, 0) is 22.4 Å². The van der Waals surface area contributed by atoms with Gasteiger partial charge in [-0.2, -0.15) is 0 Å². The summed E-state index contributed by atoms with van der Waals surface area (Å²) in [6.45, 7) is 2.08. The van der Waals surface area contributed by atoms with Gasteiger partial charge in [0.2, 0.25) is 11.1 Å². The number of carbonyl (C=O) groups excluding carboxylic acids is 1. The molecule has 11 heteroatoms. The molecule has 0 saturated carbocycles. The van der Waals surface area contributed by atoms with Crippen LogP contribution < -0.4 is 5.73 Å². The van der Waals surface area contributed by atoms with Crippen LogP contribution in [-0.4, -0.2) is 64.9 Å². The van der Waals surface area contributed by atoms with Gasteiger partial charge in [-0.3, -0.25) is 9.69 Å². The topological polar surface area (TPSA) is 138 Å². The zero-order valence-electron chi connectivity index (χ0n) is 13.0. The number of fused-ring (bicyclic) bond motifs is 1. The van der Waals surface area contributed by atoms with Crippen molar-refractivity contribution in [2.75, 3.05) is 5.75 Å². The molecule has 2 aliphatic heterocycles. The van der Waals surface area contributed by atoms with Gasteiger partial charge in [-0.15, -0.1) is 16.9 Å². The zero-order chi connectivity index (χ0) is 17.3. The second kappa shape index (κ2) is 7.11. The van der Waals surface area contributed by atoms with E-state index in [-0.39, 0.29) is 22.2 Å². The van der Waals surface area contributed by atoms with Crippen LogP contribution in [0, 0.1) is 0 Å². The van der Waals surface area contributed by atoms with E-state index in [4.69, 9.17) is 5.73 Å². The number of amides is 1. The Morgan fingerprint density at radius 3 is 3.04 bits per heavy atom. The molecule has 0 aromatic carbocycles. The van der Waals surface area contributed by atoms with Crippen molar-refractivity contribution in [2.24, 2.45) is 5.73 Å². The first-order valence-electron chi connectivity index (χ1n) is 7.61.